The number of ether oxygens (including phenoxy) is 2. The SMILES string of the molecule is Cc1cc([C@@H]2CCCN2C(=O)OC(C)(C)C)ccc1-c1cnc(NCc2c(F)ccc3c2CCO3)n2cc(C#N)nc12. The van der Waals surface area contributed by atoms with Gasteiger partial charge in [-0.2, -0.15) is 5.26 Å². The highest BCUT2D eigenvalue weighted by atomic mass is 19.1. The Balaban J connectivity index is 1.30. The van der Waals surface area contributed by atoms with Gasteiger partial charge < -0.3 is 19.7 Å². The number of amides is 1. The van der Waals surface area contributed by atoms with Gasteiger partial charge in [0.15, 0.2) is 11.3 Å². The van der Waals surface area contributed by atoms with Crippen molar-refractivity contribution in [3.63, 3.8) is 0 Å². The molecular weight excluding hydrogens is 535 g/mol. The van der Waals surface area contributed by atoms with Gasteiger partial charge in [-0.25, -0.2) is 19.2 Å². The van der Waals surface area contributed by atoms with E-state index < -0.39 is 5.60 Å². The van der Waals surface area contributed by atoms with Crippen LogP contribution in [0.2, 0.25) is 0 Å². The molecule has 2 aliphatic rings. The van der Waals surface area contributed by atoms with Gasteiger partial charge in [0, 0.05) is 42.4 Å². The van der Waals surface area contributed by atoms with Crippen molar-refractivity contribution in [1.29, 1.82) is 5.26 Å². The number of nitrogens with zero attached hydrogens (tertiary/aromatic N) is 5. The molecule has 0 unspecified atom stereocenters. The Morgan fingerprint density at radius 1 is 1.26 bits per heavy atom. The number of imidazole rings is 1. The minimum Gasteiger partial charge on any atom is -0.493 e. The van der Waals surface area contributed by atoms with E-state index in [4.69, 9.17) is 9.47 Å². The maximum absolute atomic E-state index is 14.7. The summed E-state index contributed by atoms with van der Waals surface area (Å²) >= 11 is 0. The van der Waals surface area contributed by atoms with Crippen LogP contribution in [0.5, 0.6) is 5.75 Å². The summed E-state index contributed by atoms with van der Waals surface area (Å²) in [5, 5.41) is 12.9. The molecule has 216 valence electrons. The standard InChI is InChI=1S/C32H33FN6O3/c1-19-14-20(27-6-5-12-38(27)31(40)42-32(2,3)4)7-8-22(19)25-17-36-30(39-18-21(15-34)37-29(25)39)35-16-24-23-11-13-41-28(23)10-9-26(24)33/h7-10,14,17-18,27H,5-6,11-13,16H2,1-4H3,(H,35,36)/t27-/m0/s1. The number of nitrogens with one attached hydrogen (secondary N) is 1. The van der Waals surface area contributed by atoms with Crippen LogP contribution in [0.3, 0.4) is 0 Å². The zero-order valence-corrected chi connectivity index (χ0v) is 24.2. The number of nitriles is 1. The molecule has 42 heavy (non-hydrogen) atoms. The first kappa shape index (κ1) is 27.5. The molecule has 0 bridgehead atoms. The number of rotatable bonds is 5. The highest BCUT2D eigenvalue weighted by Gasteiger charge is 2.33. The lowest BCUT2D eigenvalue weighted by Crippen LogP contribution is -2.36. The zero-order chi connectivity index (χ0) is 29.6. The number of anilines is 1. The molecule has 6 rings (SSSR count). The van der Waals surface area contributed by atoms with Gasteiger partial charge in [-0.15, -0.1) is 0 Å². The van der Waals surface area contributed by atoms with Crippen LogP contribution in [0.4, 0.5) is 15.1 Å². The van der Waals surface area contributed by atoms with Gasteiger partial charge in [0.05, 0.1) is 18.8 Å². The van der Waals surface area contributed by atoms with Crippen molar-refractivity contribution in [2.75, 3.05) is 18.5 Å². The van der Waals surface area contributed by atoms with E-state index in [1.54, 1.807) is 22.9 Å². The summed E-state index contributed by atoms with van der Waals surface area (Å²) in [4.78, 5) is 23.9. The highest BCUT2D eigenvalue weighted by Crippen LogP contribution is 2.37. The zero-order valence-electron chi connectivity index (χ0n) is 24.2. The van der Waals surface area contributed by atoms with Crippen molar-refractivity contribution in [3.05, 3.63) is 76.5 Å². The van der Waals surface area contributed by atoms with Crippen LogP contribution >= 0.6 is 0 Å². The monoisotopic (exact) mass is 568 g/mol. The molecule has 0 aliphatic carbocycles. The molecule has 10 heteroatoms. The molecule has 4 heterocycles. The maximum Gasteiger partial charge on any atom is 0.410 e. The van der Waals surface area contributed by atoms with E-state index in [9.17, 15) is 14.4 Å². The molecule has 0 radical (unpaired) electrons. The lowest BCUT2D eigenvalue weighted by Gasteiger charge is -2.29. The molecule has 2 aromatic heterocycles. The molecule has 9 nitrogen and oxygen atoms in total. The summed E-state index contributed by atoms with van der Waals surface area (Å²) in [6.45, 7) is 9.04. The van der Waals surface area contributed by atoms with E-state index in [0.29, 0.717) is 42.5 Å². The third-order valence-electron chi connectivity index (χ3n) is 7.78. The summed E-state index contributed by atoms with van der Waals surface area (Å²) in [6.07, 6.45) is 5.50. The number of likely N-dealkylation sites (tertiary alicyclic amines) is 1. The Kier molecular flexibility index (Phi) is 6.97. The molecule has 0 spiro atoms. The molecule has 4 aromatic rings. The summed E-state index contributed by atoms with van der Waals surface area (Å²) in [5.74, 6) is 0.861. The van der Waals surface area contributed by atoms with E-state index in [0.717, 1.165) is 40.7 Å². The molecular formula is C32H33FN6O3. The van der Waals surface area contributed by atoms with Crippen molar-refractivity contribution < 1.29 is 18.7 Å². The third-order valence-corrected chi connectivity index (χ3v) is 7.78. The number of fused-ring (bicyclic) bond motifs is 2. The lowest BCUT2D eigenvalue weighted by atomic mass is 9.96. The van der Waals surface area contributed by atoms with E-state index in [-0.39, 0.29) is 30.2 Å². The number of carbonyl (C=O) groups excluding carboxylic acids is 1. The van der Waals surface area contributed by atoms with Gasteiger partial charge in [0.25, 0.3) is 0 Å². The Morgan fingerprint density at radius 3 is 2.86 bits per heavy atom. The Bertz CT molecular complexity index is 1740. The number of halogens is 1. The first-order chi connectivity index (χ1) is 20.1. The van der Waals surface area contributed by atoms with Gasteiger partial charge >= 0.3 is 6.09 Å². The minimum atomic E-state index is -0.556. The molecule has 1 atom stereocenters. The second-order valence-electron chi connectivity index (χ2n) is 11.8. The van der Waals surface area contributed by atoms with E-state index in [2.05, 4.69) is 27.4 Å². The lowest BCUT2D eigenvalue weighted by molar-refractivity contribution is 0.0224. The molecule has 1 saturated heterocycles. The first-order valence-corrected chi connectivity index (χ1v) is 14.2. The first-order valence-electron chi connectivity index (χ1n) is 14.2. The van der Waals surface area contributed by atoms with Crippen molar-refractivity contribution in [2.45, 2.75) is 65.1 Å². The fraction of sp³-hybridized carbons (Fsp3) is 0.375. The Hall–Kier alpha value is -4.65. The smallest absolute Gasteiger partial charge is 0.410 e. The Labute approximate surface area is 243 Å². The van der Waals surface area contributed by atoms with Gasteiger partial charge in [0.2, 0.25) is 5.95 Å². The highest BCUT2D eigenvalue weighted by molar-refractivity contribution is 5.81. The number of hydrogen-bond acceptors (Lipinski definition) is 7. The average molecular weight is 569 g/mol. The molecule has 0 saturated carbocycles. The topological polar surface area (TPSA) is 105 Å². The van der Waals surface area contributed by atoms with Crippen LogP contribution in [-0.4, -0.2) is 44.1 Å². The number of hydrogen-bond donors (Lipinski definition) is 1. The third kappa shape index (κ3) is 5.11. The number of aromatic nitrogens is 3. The van der Waals surface area contributed by atoms with Gasteiger partial charge in [-0.05, 0) is 69.4 Å². The fourth-order valence-electron chi connectivity index (χ4n) is 5.87. The minimum absolute atomic E-state index is 0.0563. The average Bonchev–Trinajstić information content (AvgIpc) is 3.71. The van der Waals surface area contributed by atoms with Crippen LogP contribution in [0, 0.1) is 24.1 Å². The normalized spacial score (nSPS) is 16.3. The van der Waals surface area contributed by atoms with Gasteiger partial charge in [-0.1, -0.05) is 18.2 Å². The van der Waals surface area contributed by atoms with Crippen molar-refractivity contribution in [2.24, 2.45) is 0 Å². The summed E-state index contributed by atoms with van der Waals surface area (Å²) in [7, 11) is 0. The van der Waals surface area contributed by atoms with Crippen molar-refractivity contribution >= 4 is 17.7 Å². The molecule has 2 aromatic carbocycles. The van der Waals surface area contributed by atoms with Crippen molar-refractivity contribution in [3.8, 4) is 22.9 Å². The quantitative estimate of drug-likeness (QED) is 0.300. The predicted molar refractivity (Wildman–Crippen MR) is 156 cm³/mol. The number of benzene rings is 2. The molecule has 1 N–H and O–H groups in total. The van der Waals surface area contributed by atoms with Crippen LogP contribution in [0.15, 0.2) is 42.7 Å². The molecule has 1 fully saturated rings. The van der Waals surface area contributed by atoms with E-state index in [1.165, 1.54) is 6.07 Å². The maximum atomic E-state index is 14.7. The van der Waals surface area contributed by atoms with Crippen LogP contribution in [-0.2, 0) is 17.7 Å². The van der Waals surface area contributed by atoms with Gasteiger partial charge in [-0.3, -0.25) is 4.40 Å². The number of carbonyl (C=O) groups is 1. The van der Waals surface area contributed by atoms with Crippen molar-refractivity contribution in [1.82, 2.24) is 19.3 Å². The van der Waals surface area contributed by atoms with Crippen LogP contribution in [0.1, 0.15) is 67.6 Å². The van der Waals surface area contributed by atoms with Crippen LogP contribution in [0.25, 0.3) is 16.8 Å². The predicted octanol–water partition coefficient (Wildman–Crippen LogP) is 6.33. The second kappa shape index (κ2) is 10.6. The van der Waals surface area contributed by atoms with Crippen LogP contribution < -0.4 is 10.1 Å². The Morgan fingerprint density at radius 2 is 2.10 bits per heavy atom. The molecule has 2 aliphatic heterocycles. The fourth-order valence-corrected chi connectivity index (χ4v) is 5.87. The van der Waals surface area contributed by atoms with E-state index in [1.807, 2.05) is 44.7 Å². The summed E-state index contributed by atoms with van der Waals surface area (Å²) < 4.78 is 27.7. The number of aryl methyl sites for hydroxylation is 1. The summed E-state index contributed by atoms with van der Waals surface area (Å²) in [6, 6.07) is 11.3. The molecule has 1 amide bonds. The summed E-state index contributed by atoms with van der Waals surface area (Å²) in [5.41, 5.74) is 5.40. The van der Waals surface area contributed by atoms with E-state index >= 15 is 0 Å². The largest absolute Gasteiger partial charge is 0.493 e. The second-order valence-corrected chi connectivity index (χ2v) is 11.8. The van der Waals surface area contributed by atoms with Gasteiger partial charge in [0.1, 0.15) is 23.2 Å².